The minimum Gasteiger partial charge on any atom is -0.300 e. The summed E-state index contributed by atoms with van der Waals surface area (Å²) >= 11 is 0. The predicted octanol–water partition coefficient (Wildman–Crippen LogP) is 3.21. The molecular weight excluding hydrogens is 306 g/mol. The van der Waals surface area contributed by atoms with Gasteiger partial charge in [0.2, 0.25) is 0 Å². The number of carbonyl (C=O) groups is 1. The molecule has 0 N–H and O–H groups in total. The Morgan fingerprint density at radius 2 is 2.08 bits per heavy atom. The summed E-state index contributed by atoms with van der Waals surface area (Å²) in [6, 6.07) is 1.54. The van der Waals surface area contributed by atoms with Gasteiger partial charge in [-0.25, -0.2) is 0 Å². The van der Waals surface area contributed by atoms with Crippen LogP contribution in [0.3, 0.4) is 0 Å². The van der Waals surface area contributed by atoms with Crippen molar-refractivity contribution >= 4 is 11.5 Å². The Labute approximate surface area is 142 Å². The highest BCUT2D eigenvalue weighted by Crippen LogP contribution is 2.45. The monoisotopic (exact) mass is 331 g/mol. The molecule has 1 aromatic heterocycles. The van der Waals surface area contributed by atoms with Gasteiger partial charge in [0.05, 0.1) is 4.92 Å². The summed E-state index contributed by atoms with van der Waals surface area (Å²) in [5, 5.41) is 10.9. The number of nitrogens with zero attached hydrogens (tertiary/aromatic N) is 3. The second-order valence-corrected chi connectivity index (χ2v) is 7.16. The van der Waals surface area contributed by atoms with Crippen LogP contribution in [-0.2, 0) is 11.2 Å². The Morgan fingerprint density at radius 1 is 1.33 bits per heavy atom. The van der Waals surface area contributed by atoms with Crippen molar-refractivity contribution in [1.29, 1.82) is 0 Å². The summed E-state index contributed by atoms with van der Waals surface area (Å²) in [5.74, 6) is 0.236. The first-order valence-corrected chi connectivity index (χ1v) is 8.87. The number of likely N-dealkylation sites (tertiary alicyclic amines) is 1. The van der Waals surface area contributed by atoms with E-state index < -0.39 is 4.92 Å². The van der Waals surface area contributed by atoms with Crippen LogP contribution in [0.15, 0.2) is 12.3 Å². The van der Waals surface area contributed by atoms with Crippen molar-refractivity contribution in [3.63, 3.8) is 0 Å². The topological polar surface area (TPSA) is 76.3 Å². The van der Waals surface area contributed by atoms with Gasteiger partial charge in [0.1, 0.15) is 11.5 Å². The van der Waals surface area contributed by atoms with Gasteiger partial charge in [-0.05, 0) is 57.6 Å². The van der Waals surface area contributed by atoms with Gasteiger partial charge in [0.25, 0.3) is 5.69 Å². The van der Waals surface area contributed by atoms with E-state index in [1.807, 2.05) is 0 Å². The molecule has 130 valence electrons. The van der Waals surface area contributed by atoms with Crippen molar-refractivity contribution in [3.8, 4) is 0 Å². The number of nitro groups is 1. The molecule has 2 fully saturated rings. The van der Waals surface area contributed by atoms with Crippen LogP contribution < -0.4 is 0 Å². The highest BCUT2D eigenvalue weighted by Gasteiger charge is 2.44. The average molecular weight is 331 g/mol. The van der Waals surface area contributed by atoms with Gasteiger partial charge in [0, 0.05) is 37.2 Å². The molecule has 1 aliphatic carbocycles. The lowest BCUT2D eigenvalue weighted by Crippen LogP contribution is -2.49. The maximum atomic E-state index is 12.2. The molecule has 0 atom stereocenters. The summed E-state index contributed by atoms with van der Waals surface area (Å²) < 4.78 is 0. The maximum Gasteiger partial charge on any atom is 0.290 e. The van der Waals surface area contributed by atoms with Gasteiger partial charge in [-0.1, -0.05) is 0 Å². The first-order valence-electron chi connectivity index (χ1n) is 8.87. The molecule has 1 aliphatic heterocycles. The van der Waals surface area contributed by atoms with E-state index in [2.05, 4.69) is 9.88 Å². The summed E-state index contributed by atoms with van der Waals surface area (Å²) in [7, 11) is 0. The van der Waals surface area contributed by atoms with Crippen molar-refractivity contribution in [1.82, 2.24) is 9.88 Å². The lowest BCUT2D eigenvalue weighted by molar-refractivity contribution is -0.385. The van der Waals surface area contributed by atoms with Crippen LogP contribution in [0.25, 0.3) is 0 Å². The molecule has 6 nitrogen and oxygen atoms in total. The maximum absolute atomic E-state index is 12.2. The van der Waals surface area contributed by atoms with E-state index in [0.717, 1.165) is 18.7 Å². The van der Waals surface area contributed by atoms with E-state index in [4.69, 9.17) is 0 Å². The Balaban J connectivity index is 1.47. The molecule has 1 aromatic rings. The van der Waals surface area contributed by atoms with Crippen LogP contribution in [0.5, 0.6) is 0 Å². The number of rotatable bonds is 7. The summed E-state index contributed by atoms with van der Waals surface area (Å²) in [6.07, 6.45) is 9.64. The summed E-state index contributed by atoms with van der Waals surface area (Å²) in [6.45, 7) is 3.62. The molecular formula is C18H25N3O3. The first-order chi connectivity index (χ1) is 11.5. The van der Waals surface area contributed by atoms with E-state index in [1.165, 1.54) is 32.1 Å². The number of Topliss-reactive ketones (excluding diaryl/α,β-unsaturated/α-hetero) is 1. The zero-order chi connectivity index (χ0) is 17.2. The van der Waals surface area contributed by atoms with Crippen LogP contribution in [0.1, 0.15) is 56.2 Å². The molecule has 0 unspecified atom stereocenters. The molecule has 0 radical (unpaired) electrons. The van der Waals surface area contributed by atoms with E-state index >= 15 is 0 Å². The second kappa shape index (κ2) is 6.97. The second-order valence-electron chi connectivity index (χ2n) is 7.16. The minimum absolute atomic E-state index is 0.0314. The molecule has 24 heavy (non-hydrogen) atoms. The van der Waals surface area contributed by atoms with Gasteiger partial charge in [0.15, 0.2) is 0 Å². The normalized spacial score (nSPS) is 19.4. The van der Waals surface area contributed by atoms with Crippen molar-refractivity contribution in [2.75, 3.05) is 13.1 Å². The van der Waals surface area contributed by atoms with Gasteiger partial charge in [-0.2, -0.15) is 0 Å². The number of hydrogen-bond acceptors (Lipinski definition) is 5. The third-order valence-electron chi connectivity index (χ3n) is 5.69. The van der Waals surface area contributed by atoms with Crippen LogP contribution >= 0.6 is 0 Å². The average Bonchev–Trinajstić information content (AvgIpc) is 2.96. The molecule has 0 aromatic carbocycles. The predicted molar refractivity (Wildman–Crippen MR) is 91.0 cm³/mol. The fourth-order valence-electron chi connectivity index (χ4n) is 4.05. The van der Waals surface area contributed by atoms with Crippen molar-refractivity contribution in [2.45, 2.75) is 63.8 Å². The fourth-order valence-corrected chi connectivity index (χ4v) is 4.05. The molecule has 1 saturated carbocycles. The number of aromatic nitrogens is 1. The van der Waals surface area contributed by atoms with E-state index in [0.29, 0.717) is 30.5 Å². The Hall–Kier alpha value is -1.82. The third-order valence-corrected chi connectivity index (χ3v) is 5.69. The smallest absolute Gasteiger partial charge is 0.290 e. The molecule has 2 aliphatic rings. The van der Waals surface area contributed by atoms with Crippen LogP contribution in [0, 0.1) is 17.0 Å². The largest absolute Gasteiger partial charge is 0.300 e. The van der Waals surface area contributed by atoms with Crippen molar-refractivity contribution in [3.05, 3.63) is 33.6 Å². The Kier molecular flexibility index (Phi) is 4.94. The summed E-state index contributed by atoms with van der Waals surface area (Å²) in [4.78, 5) is 29.3. The van der Waals surface area contributed by atoms with Crippen LogP contribution in [0.2, 0.25) is 0 Å². The molecule has 1 spiro atoms. The van der Waals surface area contributed by atoms with Crippen LogP contribution in [0.4, 0.5) is 5.69 Å². The minimum atomic E-state index is -0.418. The zero-order valence-electron chi connectivity index (χ0n) is 14.3. The quantitative estimate of drug-likeness (QED) is 0.566. The third kappa shape index (κ3) is 3.48. The standard InChI is InChI=1S/C18H25N3O3/c1-14-17(21(23)24)12-15(13-19-14)4-5-16(22)6-11-20-10-3-9-18(20)7-2-8-18/h12-13H,2-11H2,1H3. The van der Waals surface area contributed by atoms with E-state index in [9.17, 15) is 14.9 Å². The molecule has 6 heteroatoms. The summed E-state index contributed by atoms with van der Waals surface area (Å²) in [5.41, 5.74) is 1.62. The highest BCUT2D eigenvalue weighted by atomic mass is 16.6. The molecule has 1 saturated heterocycles. The zero-order valence-corrected chi connectivity index (χ0v) is 14.3. The van der Waals surface area contributed by atoms with Gasteiger partial charge in [-0.15, -0.1) is 0 Å². The number of aryl methyl sites for hydroxylation is 2. The molecule has 0 bridgehead atoms. The Morgan fingerprint density at radius 3 is 2.75 bits per heavy atom. The van der Waals surface area contributed by atoms with Gasteiger partial charge < -0.3 is 0 Å². The van der Waals surface area contributed by atoms with Gasteiger partial charge in [-0.3, -0.25) is 24.8 Å². The lowest BCUT2D eigenvalue weighted by Gasteiger charge is -2.46. The van der Waals surface area contributed by atoms with Crippen molar-refractivity contribution < 1.29 is 9.72 Å². The fraction of sp³-hybridized carbons (Fsp3) is 0.667. The number of pyridine rings is 1. The highest BCUT2D eigenvalue weighted by molar-refractivity contribution is 5.78. The van der Waals surface area contributed by atoms with Crippen LogP contribution in [-0.4, -0.2) is 39.2 Å². The molecule has 0 amide bonds. The van der Waals surface area contributed by atoms with E-state index in [-0.39, 0.29) is 11.5 Å². The van der Waals surface area contributed by atoms with Gasteiger partial charge >= 0.3 is 0 Å². The number of ketones is 1. The number of carbonyl (C=O) groups excluding carboxylic acids is 1. The molecule has 3 rings (SSSR count). The van der Waals surface area contributed by atoms with Crippen molar-refractivity contribution in [2.24, 2.45) is 0 Å². The Bertz CT molecular complexity index is 640. The number of hydrogen-bond donors (Lipinski definition) is 0. The first kappa shape index (κ1) is 17.0. The molecule has 2 heterocycles. The SMILES string of the molecule is Cc1ncc(CCC(=O)CCN2CCCC23CCC3)cc1[N+](=O)[O-]. The van der Waals surface area contributed by atoms with E-state index in [1.54, 1.807) is 19.2 Å². The lowest BCUT2D eigenvalue weighted by atomic mass is 9.75.